The first-order valence-corrected chi connectivity index (χ1v) is 17.0. The number of anilines is 6. The van der Waals surface area contributed by atoms with Gasteiger partial charge < -0.3 is 9.80 Å². The van der Waals surface area contributed by atoms with Gasteiger partial charge in [0.2, 0.25) is 0 Å². The number of rotatable bonds is 8. The highest BCUT2D eigenvalue weighted by atomic mass is 15.2. The highest BCUT2D eigenvalue weighted by molar-refractivity contribution is 5.84. The SMILES string of the molecule is c1ccc(N(c2ccc(-c3ccc4c(c3)CC4)cc2)c2cccc(N(c3ccccc3)c3ccc(-c4ccc5c(c4)CC5)cc3)c2)cc1. The molecule has 7 aromatic carbocycles. The van der Waals surface area contributed by atoms with E-state index < -0.39 is 0 Å². The van der Waals surface area contributed by atoms with E-state index in [1.54, 1.807) is 0 Å². The van der Waals surface area contributed by atoms with Crippen molar-refractivity contribution < 1.29 is 0 Å². The van der Waals surface area contributed by atoms with Gasteiger partial charge in [0.15, 0.2) is 0 Å². The van der Waals surface area contributed by atoms with E-state index in [1.807, 2.05) is 0 Å². The van der Waals surface area contributed by atoms with Gasteiger partial charge in [0, 0.05) is 34.1 Å². The summed E-state index contributed by atoms with van der Waals surface area (Å²) in [5.41, 5.74) is 17.8. The van der Waals surface area contributed by atoms with Crippen LogP contribution in [0.25, 0.3) is 22.3 Å². The van der Waals surface area contributed by atoms with E-state index in [9.17, 15) is 0 Å². The molecule has 48 heavy (non-hydrogen) atoms. The number of hydrogen-bond acceptors (Lipinski definition) is 2. The summed E-state index contributed by atoms with van der Waals surface area (Å²) in [6.45, 7) is 0. The average Bonchev–Trinajstić information content (AvgIpc) is 3.12. The monoisotopic (exact) mass is 616 g/mol. The molecule has 0 fully saturated rings. The fraction of sp³-hybridized carbons (Fsp3) is 0.0870. The zero-order valence-electron chi connectivity index (χ0n) is 26.9. The largest absolute Gasteiger partial charge is 0.310 e. The van der Waals surface area contributed by atoms with Crippen molar-refractivity contribution in [1.29, 1.82) is 0 Å². The number of aryl methyl sites for hydroxylation is 4. The summed E-state index contributed by atoms with van der Waals surface area (Å²) in [7, 11) is 0. The fourth-order valence-corrected chi connectivity index (χ4v) is 7.17. The summed E-state index contributed by atoms with van der Waals surface area (Å²) < 4.78 is 0. The highest BCUT2D eigenvalue weighted by Gasteiger charge is 2.19. The fourth-order valence-electron chi connectivity index (χ4n) is 7.17. The van der Waals surface area contributed by atoms with Gasteiger partial charge in [0.1, 0.15) is 0 Å². The third-order valence-corrected chi connectivity index (χ3v) is 10.0. The van der Waals surface area contributed by atoms with Crippen LogP contribution < -0.4 is 9.80 Å². The molecule has 230 valence electrons. The molecule has 0 saturated heterocycles. The standard InChI is InChI=1S/C46H36N2/c1-3-8-41(9-4-1)47(43-26-22-35(23-27-43)39-20-16-33-14-18-37(33)30-39)45-12-7-13-46(32-45)48(42-10-5-2-6-11-42)44-28-24-36(25-29-44)40-21-17-34-15-19-38(34)31-40/h1-13,16-17,20-32H,14-15,18-19H2. The first kappa shape index (κ1) is 28.4. The zero-order valence-corrected chi connectivity index (χ0v) is 26.9. The third kappa shape index (κ3) is 5.26. The van der Waals surface area contributed by atoms with Gasteiger partial charge >= 0.3 is 0 Å². The maximum atomic E-state index is 2.36. The number of para-hydroxylation sites is 2. The molecule has 2 aliphatic rings. The van der Waals surface area contributed by atoms with Crippen LogP contribution in [0, 0.1) is 0 Å². The molecule has 0 N–H and O–H groups in total. The van der Waals surface area contributed by atoms with Crippen molar-refractivity contribution in [2.24, 2.45) is 0 Å². The maximum absolute atomic E-state index is 2.36. The minimum absolute atomic E-state index is 1.10. The van der Waals surface area contributed by atoms with Gasteiger partial charge in [-0.15, -0.1) is 0 Å². The Balaban J connectivity index is 1.09. The van der Waals surface area contributed by atoms with Crippen LogP contribution in [0.2, 0.25) is 0 Å². The highest BCUT2D eigenvalue weighted by Crippen LogP contribution is 2.41. The molecular weight excluding hydrogens is 581 g/mol. The summed E-state index contributed by atoms with van der Waals surface area (Å²) in [5, 5.41) is 0. The van der Waals surface area contributed by atoms with Crippen LogP contribution in [0.3, 0.4) is 0 Å². The molecule has 0 atom stereocenters. The molecule has 0 unspecified atom stereocenters. The first-order valence-electron chi connectivity index (χ1n) is 17.0. The maximum Gasteiger partial charge on any atom is 0.0482 e. The molecule has 2 nitrogen and oxygen atoms in total. The predicted octanol–water partition coefficient (Wildman–Crippen LogP) is 12.2. The summed E-state index contributed by atoms with van der Waals surface area (Å²) in [6.07, 6.45) is 4.81. The minimum atomic E-state index is 1.10. The van der Waals surface area contributed by atoms with Crippen LogP contribution in [0.15, 0.2) is 170 Å². The number of nitrogens with zero attached hydrogens (tertiary/aromatic N) is 2. The summed E-state index contributed by atoms with van der Waals surface area (Å²) in [5.74, 6) is 0. The lowest BCUT2D eigenvalue weighted by Crippen LogP contribution is -2.13. The van der Waals surface area contributed by atoms with Gasteiger partial charge in [-0.3, -0.25) is 0 Å². The topological polar surface area (TPSA) is 6.48 Å². The molecule has 0 spiro atoms. The van der Waals surface area contributed by atoms with Gasteiger partial charge in [-0.2, -0.15) is 0 Å². The van der Waals surface area contributed by atoms with Crippen molar-refractivity contribution in [3.8, 4) is 22.3 Å². The van der Waals surface area contributed by atoms with Gasteiger partial charge in [0.05, 0.1) is 0 Å². The Labute approximate surface area is 283 Å². The first-order chi connectivity index (χ1) is 23.8. The second kappa shape index (κ2) is 12.1. The average molecular weight is 617 g/mol. The van der Waals surface area contributed by atoms with Crippen LogP contribution in [0.1, 0.15) is 22.3 Å². The normalized spacial score (nSPS) is 12.7. The molecule has 0 amide bonds. The van der Waals surface area contributed by atoms with Crippen LogP contribution in [-0.4, -0.2) is 0 Å². The second-order valence-electron chi connectivity index (χ2n) is 12.9. The molecule has 9 rings (SSSR count). The predicted molar refractivity (Wildman–Crippen MR) is 201 cm³/mol. The molecule has 0 aliphatic heterocycles. The third-order valence-electron chi connectivity index (χ3n) is 10.0. The lowest BCUT2D eigenvalue weighted by molar-refractivity contribution is 0.840. The number of hydrogen-bond donors (Lipinski definition) is 0. The van der Waals surface area contributed by atoms with Crippen molar-refractivity contribution in [2.45, 2.75) is 25.7 Å². The van der Waals surface area contributed by atoms with Crippen molar-refractivity contribution >= 4 is 34.1 Å². The Bertz CT molecular complexity index is 2060. The smallest absolute Gasteiger partial charge is 0.0482 e. The molecule has 2 aliphatic carbocycles. The molecule has 0 heterocycles. The van der Waals surface area contributed by atoms with Crippen molar-refractivity contribution in [3.63, 3.8) is 0 Å². The van der Waals surface area contributed by atoms with Gasteiger partial charge in [-0.25, -0.2) is 0 Å². The van der Waals surface area contributed by atoms with E-state index in [0.29, 0.717) is 0 Å². The van der Waals surface area contributed by atoms with Gasteiger partial charge in [0.25, 0.3) is 0 Å². The zero-order chi connectivity index (χ0) is 31.9. The van der Waals surface area contributed by atoms with E-state index in [1.165, 1.54) is 70.2 Å². The molecule has 0 radical (unpaired) electrons. The Morgan fingerprint density at radius 2 is 0.604 bits per heavy atom. The summed E-state index contributed by atoms with van der Waals surface area (Å²) >= 11 is 0. The Hall–Kier alpha value is -5.86. The van der Waals surface area contributed by atoms with E-state index in [0.717, 1.165) is 34.1 Å². The Morgan fingerprint density at radius 3 is 0.979 bits per heavy atom. The molecule has 7 aromatic rings. The van der Waals surface area contributed by atoms with E-state index in [2.05, 4.69) is 180 Å². The van der Waals surface area contributed by atoms with Crippen molar-refractivity contribution in [2.75, 3.05) is 9.80 Å². The van der Waals surface area contributed by atoms with Crippen LogP contribution in [0.5, 0.6) is 0 Å². The van der Waals surface area contributed by atoms with E-state index in [-0.39, 0.29) is 0 Å². The number of fused-ring (bicyclic) bond motifs is 2. The van der Waals surface area contributed by atoms with E-state index >= 15 is 0 Å². The summed E-state index contributed by atoms with van der Waals surface area (Å²) in [4.78, 5) is 4.70. The van der Waals surface area contributed by atoms with Crippen LogP contribution in [0.4, 0.5) is 34.1 Å². The Kier molecular flexibility index (Phi) is 7.13. The summed E-state index contributed by atoms with van der Waals surface area (Å²) in [6, 6.07) is 62.1. The number of benzene rings is 7. The molecule has 0 bridgehead atoms. The Morgan fingerprint density at radius 1 is 0.250 bits per heavy atom. The van der Waals surface area contributed by atoms with Crippen LogP contribution in [-0.2, 0) is 25.7 Å². The van der Waals surface area contributed by atoms with Crippen molar-refractivity contribution in [1.82, 2.24) is 0 Å². The lowest BCUT2D eigenvalue weighted by Gasteiger charge is -2.29. The molecule has 0 aromatic heterocycles. The minimum Gasteiger partial charge on any atom is -0.310 e. The van der Waals surface area contributed by atoms with E-state index in [4.69, 9.17) is 0 Å². The second-order valence-corrected chi connectivity index (χ2v) is 12.9. The van der Waals surface area contributed by atoms with Gasteiger partial charge in [-0.05, 0) is 137 Å². The van der Waals surface area contributed by atoms with Crippen LogP contribution >= 0.6 is 0 Å². The molecule has 0 saturated carbocycles. The quantitative estimate of drug-likeness (QED) is 0.168. The lowest BCUT2D eigenvalue weighted by atomic mass is 9.86. The van der Waals surface area contributed by atoms with Gasteiger partial charge in [-0.1, -0.05) is 103 Å². The van der Waals surface area contributed by atoms with Crippen molar-refractivity contribution in [3.05, 3.63) is 192 Å². The molecule has 2 heteroatoms. The molecular formula is C46H36N2.